The summed E-state index contributed by atoms with van der Waals surface area (Å²) in [6.07, 6.45) is 6.36. The molecule has 0 amide bonds. The molecule has 2 aliphatic rings. The molecule has 2 rings (SSSR count). The van der Waals surface area contributed by atoms with E-state index in [0.29, 0.717) is 0 Å². The molecule has 3 nitrogen and oxygen atoms in total. The molecule has 1 heterocycles. The SMILES string of the molecule is O=C(O)C1CCC(C2CCOCC2)CC1. The Labute approximate surface area is 90.8 Å². The molecule has 0 aromatic carbocycles. The predicted octanol–water partition coefficient (Wildman–Crippen LogP) is 2.30. The van der Waals surface area contributed by atoms with Gasteiger partial charge in [0.05, 0.1) is 5.92 Å². The van der Waals surface area contributed by atoms with Gasteiger partial charge in [-0.15, -0.1) is 0 Å². The molecule has 1 aliphatic carbocycles. The smallest absolute Gasteiger partial charge is 0.306 e. The average molecular weight is 212 g/mol. The van der Waals surface area contributed by atoms with Crippen molar-refractivity contribution in [2.45, 2.75) is 38.5 Å². The zero-order valence-electron chi connectivity index (χ0n) is 9.15. The van der Waals surface area contributed by atoms with Crippen molar-refractivity contribution >= 4 is 5.97 Å². The third-order valence-corrected chi connectivity index (χ3v) is 4.05. The fourth-order valence-electron chi connectivity index (χ4n) is 3.02. The Morgan fingerprint density at radius 3 is 2.00 bits per heavy atom. The molecule has 0 atom stereocenters. The van der Waals surface area contributed by atoms with E-state index in [1.807, 2.05) is 0 Å². The second-order valence-electron chi connectivity index (χ2n) is 4.90. The summed E-state index contributed by atoms with van der Waals surface area (Å²) in [7, 11) is 0. The van der Waals surface area contributed by atoms with Crippen molar-refractivity contribution in [3.63, 3.8) is 0 Å². The Balaban J connectivity index is 1.79. The Morgan fingerprint density at radius 2 is 1.47 bits per heavy atom. The second kappa shape index (κ2) is 4.97. The highest BCUT2D eigenvalue weighted by Gasteiger charge is 2.31. The zero-order chi connectivity index (χ0) is 10.7. The lowest BCUT2D eigenvalue weighted by Crippen LogP contribution is -2.29. The maximum Gasteiger partial charge on any atom is 0.306 e. The molecular weight excluding hydrogens is 192 g/mol. The van der Waals surface area contributed by atoms with Crippen LogP contribution >= 0.6 is 0 Å². The van der Waals surface area contributed by atoms with Crippen LogP contribution in [0.1, 0.15) is 38.5 Å². The molecular formula is C12H20O3. The van der Waals surface area contributed by atoms with Crippen LogP contribution in [0.2, 0.25) is 0 Å². The molecule has 0 unspecified atom stereocenters. The number of carboxylic acids is 1. The van der Waals surface area contributed by atoms with Crippen LogP contribution in [-0.2, 0) is 9.53 Å². The summed E-state index contributed by atoms with van der Waals surface area (Å²) < 4.78 is 5.36. The molecule has 3 heteroatoms. The van der Waals surface area contributed by atoms with Gasteiger partial charge in [-0.25, -0.2) is 0 Å². The minimum Gasteiger partial charge on any atom is -0.481 e. The summed E-state index contributed by atoms with van der Waals surface area (Å²) >= 11 is 0. The minimum absolute atomic E-state index is 0.0684. The van der Waals surface area contributed by atoms with Crippen molar-refractivity contribution in [1.82, 2.24) is 0 Å². The average Bonchev–Trinajstić information content (AvgIpc) is 2.30. The number of carbonyl (C=O) groups is 1. The summed E-state index contributed by atoms with van der Waals surface area (Å²) in [6, 6.07) is 0. The van der Waals surface area contributed by atoms with E-state index >= 15 is 0 Å². The van der Waals surface area contributed by atoms with Gasteiger partial charge in [0, 0.05) is 13.2 Å². The van der Waals surface area contributed by atoms with E-state index in [4.69, 9.17) is 9.84 Å². The number of ether oxygens (including phenoxy) is 1. The molecule has 2 fully saturated rings. The highest BCUT2D eigenvalue weighted by atomic mass is 16.5. The van der Waals surface area contributed by atoms with E-state index in [2.05, 4.69) is 0 Å². The maximum absolute atomic E-state index is 10.8. The highest BCUT2D eigenvalue weighted by molar-refractivity contribution is 5.69. The third kappa shape index (κ3) is 2.71. The van der Waals surface area contributed by atoms with E-state index in [0.717, 1.165) is 50.7 Å². The molecule has 15 heavy (non-hydrogen) atoms. The van der Waals surface area contributed by atoms with Crippen molar-refractivity contribution in [1.29, 1.82) is 0 Å². The Morgan fingerprint density at radius 1 is 0.933 bits per heavy atom. The molecule has 1 N–H and O–H groups in total. The first-order valence-electron chi connectivity index (χ1n) is 6.08. The van der Waals surface area contributed by atoms with E-state index < -0.39 is 5.97 Å². The molecule has 0 aromatic heterocycles. The predicted molar refractivity (Wildman–Crippen MR) is 56.6 cm³/mol. The van der Waals surface area contributed by atoms with Crippen LogP contribution in [0.25, 0.3) is 0 Å². The summed E-state index contributed by atoms with van der Waals surface area (Å²) in [4.78, 5) is 10.8. The summed E-state index contributed by atoms with van der Waals surface area (Å²) in [5, 5.41) is 8.91. The van der Waals surface area contributed by atoms with Crippen LogP contribution < -0.4 is 0 Å². The van der Waals surface area contributed by atoms with Crippen molar-refractivity contribution in [2.75, 3.05) is 13.2 Å². The van der Waals surface area contributed by atoms with Gasteiger partial charge in [0.15, 0.2) is 0 Å². The summed E-state index contributed by atoms with van der Waals surface area (Å²) in [5.74, 6) is 0.902. The first-order valence-corrected chi connectivity index (χ1v) is 6.08. The van der Waals surface area contributed by atoms with Crippen molar-refractivity contribution in [3.8, 4) is 0 Å². The zero-order valence-corrected chi connectivity index (χ0v) is 9.15. The van der Waals surface area contributed by atoms with E-state index in [1.165, 1.54) is 12.8 Å². The van der Waals surface area contributed by atoms with Gasteiger partial charge in [0.25, 0.3) is 0 Å². The van der Waals surface area contributed by atoms with Crippen LogP contribution in [0, 0.1) is 17.8 Å². The molecule has 0 bridgehead atoms. The van der Waals surface area contributed by atoms with Crippen molar-refractivity contribution < 1.29 is 14.6 Å². The van der Waals surface area contributed by atoms with Gasteiger partial charge in [-0.2, -0.15) is 0 Å². The quantitative estimate of drug-likeness (QED) is 0.764. The molecule has 0 aromatic rings. The van der Waals surface area contributed by atoms with Crippen molar-refractivity contribution in [3.05, 3.63) is 0 Å². The van der Waals surface area contributed by atoms with E-state index in [1.54, 1.807) is 0 Å². The van der Waals surface area contributed by atoms with Crippen LogP contribution in [0.15, 0.2) is 0 Å². The maximum atomic E-state index is 10.8. The largest absolute Gasteiger partial charge is 0.481 e. The fourth-order valence-corrected chi connectivity index (χ4v) is 3.02. The molecule has 0 spiro atoms. The second-order valence-corrected chi connectivity index (χ2v) is 4.90. The first kappa shape index (κ1) is 10.9. The van der Waals surface area contributed by atoms with Crippen LogP contribution in [0.4, 0.5) is 0 Å². The fraction of sp³-hybridized carbons (Fsp3) is 0.917. The van der Waals surface area contributed by atoms with Gasteiger partial charge in [-0.1, -0.05) is 0 Å². The molecule has 1 saturated heterocycles. The van der Waals surface area contributed by atoms with E-state index in [9.17, 15) is 4.79 Å². The van der Waals surface area contributed by atoms with Gasteiger partial charge < -0.3 is 9.84 Å². The lowest BCUT2D eigenvalue weighted by molar-refractivity contribution is -0.143. The standard InChI is InChI=1S/C12H20O3/c13-12(14)11-3-1-9(2-4-11)10-5-7-15-8-6-10/h9-11H,1-8H2,(H,13,14). The number of hydrogen-bond donors (Lipinski definition) is 1. The number of carboxylic acid groups (broad SMARTS) is 1. The molecule has 1 saturated carbocycles. The third-order valence-electron chi connectivity index (χ3n) is 4.05. The van der Waals surface area contributed by atoms with Gasteiger partial charge >= 0.3 is 5.97 Å². The van der Waals surface area contributed by atoms with Gasteiger partial charge in [-0.3, -0.25) is 4.79 Å². The molecule has 0 radical (unpaired) electrons. The lowest BCUT2D eigenvalue weighted by Gasteiger charge is -2.34. The topological polar surface area (TPSA) is 46.5 Å². The Hall–Kier alpha value is -0.570. The van der Waals surface area contributed by atoms with Gasteiger partial charge in [0.2, 0.25) is 0 Å². The van der Waals surface area contributed by atoms with Gasteiger partial charge in [0.1, 0.15) is 0 Å². The minimum atomic E-state index is -0.597. The van der Waals surface area contributed by atoms with Crippen LogP contribution in [-0.4, -0.2) is 24.3 Å². The molecule has 86 valence electrons. The highest BCUT2D eigenvalue weighted by Crippen LogP contribution is 2.37. The monoisotopic (exact) mass is 212 g/mol. The summed E-state index contributed by atoms with van der Waals surface area (Å²) in [6.45, 7) is 1.81. The molecule has 1 aliphatic heterocycles. The van der Waals surface area contributed by atoms with Crippen LogP contribution in [0.5, 0.6) is 0 Å². The normalized spacial score (nSPS) is 33.9. The van der Waals surface area contributed by atoms with Gasteiger partial charge in [-0.05, 0) is 50.4 Å². The Kier molecular flexibility index (Phi) is 3.62. The Bertz CT molecular complexity index is 213. The van der Waals surface area contributed by atoms with E-state index in [-0.39, 0.29) is 5.92 Å². The summed E-state index contributed by atoms with van der Waals surface area (Å²) in [5.41, 5.74) is 0. The lowest BCUT2D eigenvalue weighted by atomic mass is 9.73. The van der Waals surface area contributed by atoms with Crippen LogP contribution in [0.3, 0.4) is 0 Å². The van der Waals surface area contributed by atoms with Crippen molar-refractivity contribution in [2.24, 2.45) is 17.8 Å². The number of rotatable bonds is 2. The first-order chi connectivity index (χ1) is 7.27. The number of aliphatic carboxylic acids is 1. The number of hydrogen-bond acceptors (Lipinski definition) is 2.